The summed E-state index contributed by atoms with van der Waals surface area (Å²) in [5.74, 6) is -1.09. The molecule has 0 aliphatic rings. The summed E-state index contributed by atoms with van der Waals surface area (Å²) in [7, 11) is 0. The molecule has 0 aromatic heterocycles. The molecule has 0 aliphatic carbocycles. The molecule has 5 heteroatoms. The third kappa shape index (κ3) is 2.04. The second kappa shape index (κ2) is 3.69. The molecule has 0 unspecified atom stereocenters. The summed E-state index contributed by atoms with van der Waals surface area (Å²) in [5, 5.41) is 2.88. The van der Waals surface area contributed by atoms with Gasteiger partial charge in [0.15, 0.2) is 0 Å². The summed E-state index contributed by atoms with van der Waals surface area (Å²) in [4.78, 5) is 13.3. The summed E-state index contributed by atoms with van der Waals surface area (Å²) >= 11 is 0. The molecule has 13 heavy (non-hydrogen) atoms. The lowest BCUT2D eigenvalue weighted by molar-refractivity contribution is 0.1000. The Kier molecular flexibility index (Phi) is 2.62. The molecule has 0 fully saturated rings. The summed E-state index contributed by atoms with van der Waals surface area (Å²) in [6.45, 7) is 1.53. The second-order valence-electron chi connectivity index (χ2n) is 2.46. The number of carbonyl (C=O) groups excluding carboxylic acids is 1. The normalized spacial score (nSPS) is 9.08. The Morgan fingerprint density at radius 3 is 2.85 bits per heavy atom. The van der Waals surface area contributed by atoms with Crippen molar-refractivity contribution in [1.29, 1.82) is 0 Å². The second-order valence-corrected chi connectivity index (χ2v) is 2.46. The van der Waals surface area contributed by atoms with Crippen LogP contribution in [-0.4, -0.2) is 5.91 Å². The molecule has 0 saturated carbocycles. The summed E-state index contributed by atoms with van der Waals surface area (Å²) in [6.07, 6.45) is 0. The van der Waals surface area contributed by atoms with Crippen molar-refractivity contribution in [3.05, 3.63) is 45.6 Å². The SMILES string of the molecule is Cc1cc(C(=O)N=[N+]=[N-])ccc1F. The molecule has 0 N–H and O–H groups in total. The van der Waals surface area contributed by atoms with Crippen LogP contribution in [0.2, 0.25) is 0 Å². The Bertz CT molecular complexity index is 396. The van der Waals surface area contributed by atoms with Crippen LogP contribution in [-0.2, 0) is 0 Å². The minimum absolute atomic E-state index is 0.191. The molecule has 0 bridgehead atoms. The van der Waals surface area contributed by atoms with Crippen molar-refractivity contribution in [1.82, 2.24) is 0 Å². The fraction of sp³-hybridized carbons (Fsp3) is 0.125. The van der Waals surface area contributed by atoms with Gasteiger partial charge in [-0.2, -0.15) is 0 Å². The zero-order valence-corrected chi connectivity index (χ0v) is 6.86. The smallest absolute Gasteiger partial charge is 0.249 e. The third-order valence-corrected chi connectivity index (χ3v) is 1.54. The third-order valence-electron chi connectivity index (χ3n) is 1.54. The first kappa shape index (κ1) is 9.22. The first-order chi connectivity index (χ1) is 6.15. The van der Waals surface area contributed by atoms with Gasteiger partial charge in [0.1, 0.15) is 5.82 Å². The molecule has 1 aromatic carbocycles. The van der Waals surface area contributed by atoms with Crippen LogP contribution in [0.3, 0.4) is 0 Å². The quantitative estimate of drug-likeness (QED) is 0.371. The fourth-order valence-electron chi connectivity index (χ4n) is 0.876. The van der Waals surface area contributed by atoms with Crippen LogP contribution >= 0.6 is 0 Å². The number of hydrogen-bond acceptors (Lipinski definition) is 1. The van der Waals surface area contributed by atoms with E-state index in [-0.39, 0.29) is 5.56 Å². The van der Waals surface area contributed by atoms with E-state index in [0.717, 1.165) is 6.07 Å². The van der Waals surface area contributed by atoms with Crippen LogP contribution < -0.4 is 0 Å². The van der Waals surface area contributed by atoms with Gasteiger partial charge < -0.3 is 0 Å². The standard InChI is InChI=1S/C8H6FN3O/c1-5-4-6(2-3-7(5)9)8(13)11-12-10/h2-4H,1H3. The van der Waals surface area contributed by atoms with E-state index in [4.69, 9.17) is 5.53 Å². The molecule has 0 atom stereocenters. The Morgan fingerprint density at radius 2 is 2.31 bits per heavy atom. The first-order valence-electron chi connectivity index (χ1n) is 3.50. The van der Waals surface area contributed by atoms with Gasteiger partial charge in [0.2, 0.25) is 5.91 Å². The van der Waals surface area contributed by atoms with E-state index in [1.807, 2.05) is 0 Å². The van der Waals surface area contributed by atoms with Gasteiger partial charge in [-0.3, -0.25) is 4.79 Å². The molecule has 66 valence electrons. The first-order valence-corrected chi connectivity index (χ1v) is 3.50. The topological polar surface area (TPSA) is 65.8 Å². The van der Waals surface area contributed by atoms with E-state index in [1.165, 1.54) is 19.1 Å². The van der Waals surface area contributed by atoms with Crippen molar-refractivity contribution >= 4 is 5.91 Å². The zero-order valence-electron chi connectivity index (χ0n) is 6.86. The number of azide groups is 1. The van der Waals surface area contributed by atoms with Gasteiger partial charge in [0.05, 0.1) is 0 Å². The molecule has 1 aromatic rings. The lowest BCUT2D eigenvalue weighted by Gasteiger charge is -1.97. The molecule has 0 saturated heterocycles. The number of nitrogens with zero attached hydrogens (tertiary/aromatic N) is 3. The van der Waals surface area contributed by atoms with Crippen LogP contribution in [0.15, 0.2) is 23.3 Å². The van der Waals surface area contributed by atoms with E-state index >= 15 is 0 Å². The lowest BCUT2D eigenvalue weighted by atomic mass is 10.1. The molecular weight excluding hydrogens is 173 g/mol. The summed E-state index contributed by atoms with van der Waals surface area (Å²) in [6, 6.07) is 3.78. The predicted octanol–water partition coefficient (Wildman–Crippen LogP) is 2.58. The number of hydrogen-bond donors (Lipinski definition) is 0. The number of amides is 1. The van der Waals surface area contributed by atoms with E-state index in [2.05, 4.69) is 10.0 Å². The number of aryl methyl sites for hydroxylation is 1. The van der Waals surface area contributed by atoms with Crippen LogP contribution in [0, 0.1) is 12.7 Å². The zero-order chi connectivity index (χ0) is 9.84. The van der Waals surface area contributed by atoms with E-state index in [9.17, 15) is 9.18 Å². The van der Waals surface area contributed by atoms with Crippen molar-refractivity contribution in [3.8, 4) is 0 Å². The highest BCUT2D eigenvalue weighted by Crippen LogP contribution is 2.10. The van der Waals surface area contributed by atoms with Gasteiger partial charge in [-0.15, -0.1) is 0 Å². The highest BCUT2D eigenvalue weighted by atomic mass is 19.1. The number of benzene rings is 1. The molecule has 4 nitrogen and oxygen atoms in total. The van der Waals surface area contributed by atoms with Gasteiger partial charge >= 0.3 is 0 Å². The largest absolute Gasteiger partial charge is 0.287 e. The van der Waals surface area contributed by atoms with Crippen molar-refractivity contribution in [2.45, 2.75) is 6.92 Å². The highest BCUT2D eigenvalue weighted by molar-refractivity contribution is 5.94. The monoisotopic (exact) mass is 179 g/mol. The summed E-state index contributed by atoms with van der Waals surface area (Å²) < 4.78 is 12.7. The minimum atomic E-state index is -0.703. The Morgan fingerprint density at radius 1 is 1.62 bits per heavy atom. The number of halogens is 1. The predicted molar refractivity (Wildman–Crippen MR) is 44.6 cm³/mol. The van der Waals surface area contributed by atoms with Crippen LogP contribution in [0.1, 0.15) is 15.9 Å². The minimum Gasteiger partial charge on any atom is -0.287 e. The Labute approximate surface area is 73.6 Å². The number of rotatable bonds is 1. The highest BCUT2D eigenvalue weighted by Gasteiger charge is 2.04. The van der Waals surface area contributed by atoms with Crippen molar-refractivity contribution < 1.29 is 9.18 Å². The molecule has 1 rings (SSSR count). The maximum atomic E-state index is 12.7. The van der Waals surface area contributed by atoms with Crippen molar-refractivity contribution in [2.24, 2.45) is 5.11 Å². The van der Waals surface area contributed by atoms with Crippen molar-refractivity contribution in [2.75, 3.05) is 0 Å². The Hall–Kier alpha value is -1.87. The van der Waals surface area contributed by atoms with E-state index in [0.29, 0.717) is 5.56 Å². The van der Waals surface area contributed by atoms with Gasteiger partial charge in [-0.25, -0.2) is 4.39 Å². The Balaban J connectivity index is 3.10. The van der Waals surface area contributed by atoms with E-state index in [1.54, 1.807) is 0 Å². The maximum Gasteiger partial charge on any atom is 0.249 e. The van der Waals surface area contributed by atoms with Gasteiger partial charge in [0.25, 0.3) is 0 Å². The van der Waals surface area contributed by atoms with Crippen LogP contribution in [0.5, 0.6) is 0 Å². The molecule has 0 aliphatic heterocycles. The van der Waals surface area contributed by atoms with Gasteiger partial charge in [-0.05, 0) is 41.3 Å². The molecule has 1 amide bonds. The fourth-order valence-corrected chi connectivity index (χ4v) is 0.876. The lowest BCUT2D eigenvalue weighted by Crippen LogP contribution is -1.94. The summed E-state index contributed by atoms with van der Waals surface area (Å²) in [5.41, 5.74) is 8.52. The van der Waals surface area contributed by atoms with Gasteiger partial charge in [-0.1, -0.05) is 0 Å². The van der Waals surface area contributed by atoms with Gasteiger partial charge in [0, 0.05) is 10.5 Å². The number of carbonyl (C=O) groups is 1. The molecule has 0 spiro atoms. The molecular formula is C8H6FN3O. The molecule has 0 heterocycles. The van der Waals surface area contributed by atoms with Crippen molar-refractivity contribution in [3.63, 3.8) is 0 Å². The maximum absolute atomic E-state index is 12.7. The van der Waals surface area contributed by atoms with Crippen LogP contribution in [0.25, 0.3) is 10.4 Å². The molecule has 0 radical (unpaired) electrons. The average Bonchev–Trinajstić information content (AvgIpc) is 2.10. The van der Waals surface area contributed by atoms with E-state index < -0.39 is 11.7 Å². The van der Waals surface area contributed by atoms with Crippen LogP contribution in [0.4, 0.5) is 4.39 Å². The average molecular weight is 179 g/mol.